The molecule has 0 saturated heterocycles. The normalized spacial score (nSPS) is 9.76. The van der Waals surface area contributed by atoms with E-state index in [1.807, 2.05) is 0 Å². The predicted molar refractivity (Wildman–Crippen MR) is 78.7 cm³/mol. The predicted octanol–water partition coefficient (Wildman–Crippen LogP) is 1.00. The third kappa shape index (κ3) is 3.28. The smallest absolute Gasteiger partial charge is 0.354 e. The summed E-state index contributed by atoms with van der Waals surface area (Å²) in [6.07, 6.45) is 0. The SMILES string of the molecule is CC(=O)NCC#Cc1cc(C(=O)O)nc2c(N)cccc12. The van der Waals surface area contributed by atoms with E-state index in [4.69, 9.17) is 10.8 Å². The van der Waals surface area contributed by atoms with Crippen molar-refractivity contribution in [1.82, 2.24) is 10.3 Å². The van der Waals surface area contributed by atoms with Crippen LogP contribution in [0.3, 0.4) is 0 Å². The molecule has 0 aliphatic heterocycles. The van der Waals surface area contributed by atoms with Gasteiger partial charge >= 0.3 is 5.97 Å². The second kappa shape index (κ2) is 5.92. The number of fused-ring (bicyclic) bond motifs is 1. The van der Waals surface area contributed by atoms with E-state index in [0.717, 1.165) is 0 Å². The summed E-state index contributed by atoms with van der Waals surface area (Å²) in [7, 11) is 0. The molecule has 6 nitrogen and oxygen atoms in total. The van der Waals surface area contributed by atoms with E-state index in [2.05, 4.69) is 22.1 Å². The van der Waals surface area contributed by atoms with Gasteiger partial charge in [0, 0.05) is 17.9 Å². The van der Waals surface area contributed by atoms with Gasteiger partial charge in [0.1, 0.15) is 5.69 Å². The van der Waals surface area contributed by atoms with Crippen LogP contribution in [0.15, 0.2) is 24.3 Å². The average Bonchev–Trinajstić information content (AvgIpc) is 2.43. The maximum Gasteiger partial charge on any atom is 0.354 e. The maximum absolute atomic E-state index is 11.1. The summed E-state index contributed by atoms with van der Waals surface area (Å²) in [6, 6.07) is 6.56. The molecule has 0 aliphatic rings. The number of anilines is 1. The molecular weight excluding hydrogens is 270 g/mol. The fourth-order valence-corrected chi connectivity index (χ4v) is 1.79. The molecule has 1 amide bonds. The second-order valence-electron chi connectivity index (χ2n) is 4.32. The molecule has 106 valence electrons. The van der Waals surface area contributed by atoms with Gasteiger partial charge in [0.05, 0.1) is 17.7 Å². The first-order valence-corrected chi connectivity index (χ1v) is 6.15. The Morgan fingerprint density at radius 1 is 1.43 bits per heavy atom. The van der Waals surface area contributed by atoms with Gasteiger partial charge < -0.3 is 16.2 Å². The van der Waals surface area contributed by atoms with Gasteiger partial charge in [0.15, 0.2) is 0 Å². The summed E-state index contributed by atoms with van der Waals surface area (Å²) in [5.41, 5.74) is 7.01. The minimum Gasteiger partial charge on any atom is -0.477 e. The van der Waals surface area contributed by atoms with Gasteiger partial charge in [-0.3, -0.25) is 4.79 Å². The summed E-state index contributed by atoms with van der Waals surface area (Å²) in [4.78, 5) is 25.9. The molecular formula is C15H13N3O3. The lowest BCUT2D eigenvalue weighted by Gasteiger charge is -2.05. The number of carbonyl (C=O) groups is 2. The zero-order valence-corrected chi connectivity index (χ0v) is 11.3. The number of aromatic nitrogens is 1. The van der Waals surface area contributed by atoms with Gasteiger partial charge in [-0.2, -0.15) is 0 Å². The number of rotatable bonds is 2. The van der Waals surface area contributed by atoms with E-state index in [1.54, 1.807) is 18.2 Å². The topological polar surface area (TPSA) is 105 Å². The molecule has 1 aromatic carbocycles. The van der Waals surface area contributed by atoms with Crippen molar-refractivity contribution in [3.8, 4) is 11.8 Å². The van der Waals surface area contributed by atoms with Gasteiger partial charge in [0.25, 0.3) is 0 Å². The number of nitrogens with zero attached hydrogens (tertiary/aromatic N) is 1. The number of carboxylic acid groups (broad SMARTS) is 1. The molecule has 0 atom stereocenters. The van der Waals surface area contributed by atoms with Crippen LogP contribution in [0.5, 0.6) is 0 Å². The number of benzene rings is 1. The number of pyridine rings is 1. The number of nitrogens with two attached hydrogens (primary N) is 1. The molecule has 0 fully saturated rings. The highest BCUT2D eigenvalue weighted by Gasteiger charge is 2.11. The molecule has 0 unspecified atom stereocenters. The first-order chi connectivity index (χ1) is 9.99. The van der Waals surface area contributed by atoms with Gasteiger partial charge in [-0.15, -0.1) is 0 Å². The van der Waals surface area contributed by atoms with E-state index >= 15 is 0 Å². The van der Waals surface area contributed by atoms with Gasteiger partial charge in [0.2, 0.25) is 5.91 Å². The van der Waals surface area contributed by atoms with E-state index in [1.165, 1.54) is 13.0 Å². The number of para-hydroxylation sites is 1. The number of carboxylic acids is 1. The van der Waals surface area contributed by atoms with Crippen LogP contribution >= 0.6 is 0 Å². The fraction of sp³-hybridized carbons (Fsp3) is 0.133. The van der Waals surface area contributed by atoms with Crippen molar-refractivity contribution < 1.29 is 14.7 Å². The van der Waals surface area contributed by atoms with Crippen LogP contribution in [0.25, 0.3) is 10.9 Å². The van der Waals surface area contributed by atoms with Crippen molar-refractivity contribution >= 4 is 28.5 Å². The van der Waals surface area contributed by atoms with Crippen molar-refractivity contribution in [2.45, 2.75) is 6.92 Å². The Morgan fingerprint density at radius 3 is 2.86 bits per heavy atom. The molecule has 0 bridgehead atoms. The first kappa shape index (κ1) is 14.3. The highest BCUT2D eigenvalue weighted by atomic mass is 16.4. The van der Waals surface area contributed by atoms with Gasteiger partial charge in [-0.1, -0.05) is 24.0 Å². The lowest BCUT2D eigenvalue weighted by Crippen LogP contribution is -2.19. The third-order valence-corrected chi connectivity index (χ3v) is 2.74. The number of amides is 1. The Bertz CT molecular complexity index is 788. The molecule has 2 aromatic rings. The van der Waals surface area contributed by atoms with Crippen molar-refractivity contribution in [2.24, 2.45) is 0 Å². The van der Waals surface area contributed by atoms with Gasteiger partial charge in [-0.05, 0) is 12.1 Å². The quantitative estimate of drug-likeness (QED) is 0.563. The highest BCUT2D eigenvalue weighted by molar-refractivity contribution is 5.97. The van der Waals surface area contributed by atoms with Crippen LogP contribution in [0.1, 0.15) is 23.0 Å². The third-order valence-electron chi connectivity index (χ3n) is 2.74. The molecule has 0 aliphatic carbocycles. The van der Waals surface area contributed by atoms with Crippen LogP contribution in [0.4, 0.5) is 5.69 Å². The second-order valence-corrected chi connectivity index (χ2v) is 4.32. The maximum atomic E-state index is 11.1. The summed E-state index contributed by atoms with van der Waals surface area (Å²) in [5, 5.41) is 12.3. The lowest BCUT2D eigenvalue weighted by atomic mass is 10.1. The minimum atomic E-state index is -1.15. The molecule has 1 heterocycles. The summed E-state index contributed by atoms with van der Waals surface area (Å²) < 4.78 is 0. The monoisotopic (exact) mass is 283 g/mol. The van der Waals surface area contributed by atoms with Crippen molar-refractivity contribution in [3.05, 3.63) is 35.5 Å². The minimum absolute atomic E-state index is 0.121. The molecule has 0 saturated carbocycles. The van der Waals surface area contributed by atoms with Crippen LogP contribution in [-0.4, -0.2) is 28.5 Å². The molecule has 0 radical (unpaired) electrons. The summed E-state index contributed by atoms with van der Waals surface area (Å²) in [5.74, 6) is 4.28. The number of nitrogen functional groups attached to an aromatic ring is 1. The summed E-state index contributed by atoms with van der Waals surface area (Å²) >= 11 is 0. The molecule has 4 N–H and O–H groups in total. The summed E-state index contributed by atoms with van der Waals surface area (Å²) in [6.45, 7) is 1.58. The number of nitrogens with one attached hydrogen (secondary N) is 1. The Kier molecular flexibility index (Phi) is 4.05. The lowest BCUT2D eigenvalue weighted by molar-refractivity contribution is -0.118. The number of hydrogen-bond acceptors (Lipinski definition) is 4. The Labute approximate surface area is 121 Å². The van der Waals surface area contributed by atoms with E-state index in [9.17, 15) is 9.59 Å². The van der Waals surface area contributed by atoms with E-state index in [-0.39, 0.29) is 18.1 Å². The molecule has 6 heteroatoms. The molecule has 0 spiro atoms. The molecule has 2 rings (SSSR count). The highest BCUT2D eigenvalue weighted by Crippen LogP contribution is 2.22. The number of aromatic carboxylic acids is 1. The Morgan fingerprint density at radius 2 is 2.19 bits per heavy atom. The number of carbonyl (C=O) groups excluding carboxylic acids is 1. The molecule has 1 aromatic heterocycles. The van der Waals surface area contributed by atoms with E-state index in [0.29, 0.717) is 22.2 Å². The Balaban J connectivity index is 2.52. The zero-order valence-electron chi connectivity index (χ0n) is 11.3. The molecule has 21 heavy (non-hydrogen) atoms. The van der Waals surface area contributed by atoms with Crippen molar-refractivity contribution in [1.29, 1.82) is 0 Å². The van der Waals surface area contributed by atoms with Gasteiger partial charge in [-0.25, -0.2) is 9.78 Å². The average molecular weight is 283 g/mol. The largest absolute Gasteiger partial charge is 0.477 e. The first-order valence-electron chi connectivity index (χ1n) is 6.15. The van der Waals surface area contributed by atoms with Crippen LogP contribution in [0, 0.1) is 11.8 Å². The zero-order chi connectivity index (χ0) is 15.4. The standard InChI is InChI=1S/C15H13N3O3/c1-9(19)17-7-3-4-10-8-13(15(20)21)18-14-11(10)5-2-6-12(14)16/h2,5-6,8H,7,16H2,1H3,(H,17,19)(H,20,21). The van der Waals surface area contributed by atoms with Crippen molar-refractivity contribution in [2.75, 3.05) is 12.3 Å². The fourth-order valence-electron chi connectivity index (χ4n) is 1.79. The number of hydrogen-bond donors (Lipinski definition) is 3. The van der Waals surface area contributed by atoms with E-state index < -0.39 is 5.97 Å². The Hall–Kier alpha value is -3.07. The van der Waals surface area contributed by atoms with Crippen LogP contribution in [-0.2, 0) is 4.79 Å². The van der Waals surface area contributed by atoms with Crippen LogP contribution < -0.4 is 11.1 Å². The van der Waals surface area contributed by atoms with Crippen LogP contribution in [0.2, 0.25) is 0 Å². The van der Waals surface area contributed by atoms with Crippen molar-refractivity contribution in [3.63, 3.8) is 0 Å².